The highest BCUT2D eigenvalue weighted by Gasteiger charge is 2.41. The van der Waals surface area contributed by atoms with Gasteiger partial charge in [0, 0.05) is 44.0 Å². The first kappa shape index (κ1) is 23.3. The molecule has 0 spiro atoms. The Morgan fingerprint density at radius 2 is 1.85 bits per heavy atom. The summed E-state index contributed by atoms with van der Waals surface area (Å²) in [6, 6.07) is 15.1. The second-order valence-corrected chi connectivity index (χ2v) is 8.92. The number of nitrogens with zero attached hydrogens (tertiary/aromatic N) is 2. The third-order valence-corrected chi connectivity index (χ3v) is 6.64. The summed E-state index contributed by atoms with van der Waals surface area (Å²) >= 11 is 0. The summed E-state index contributed by atoms with van der Waals surface area (Å²) in [7, 11) is 0. The molecule has 7 nitrogen and oxygen atoms in total. The molecule has 2 aromatic carbocycles. The summed E-state index contributed by atoms with van der Waals surface area (Å²) in [4.78, 5) is 28.3. The van der Waals surface area contributed by atoms with Crippen molar-refractivity contribution in [1.82, 2.24) is 9.80 Å². The smallest absolute Gasteiger partial charge is 0.409 e. The number of amides is 2. The molecule has 7 heteroatoms. The highest BCUT2D eigenvalue weighted by Crippen LogP contribution is 2.39. The molecule has 4 rings (SSSR count). The van der Waals surface area contributed by atoms with Gasteiger partial charge in [-0.15, -0.1) is 0 Å². The molecule has 2 fully saturated rings. The molecule has 33 heavy (non-hydrogen) atoms. The minimum atomic E-state index is -1.10. The van der Waals surface area contributed by atoms with Crippen LogP contribution in [-0.4, -0.2) is 66.2 Å². The van der Waals surface area contributed by atoms with Crippen LogP contribution in [-0.2, 0) is 10.3 Å². The van der Waals surface area contributed by atoms with E-state index in [9.17, 15) is 14.7 Å². The lowest BCUT2D eigenvalue weighted by Crippen LogP contribution is -2.51. The van der Waals surface area contributed by atoms with Crippen molar-refractivity contribution in [3.05, 3.63) is 65.2 Å². The van der Waals surface area contributed by atoms with Gasteiger partial charge in [0.2, 0.25) is 0 Å². The van der Waals surface area contributed by atoms with Crippen molar-refractivity contribution in [2.45, 2.75) is 32.3 Å². The van der Waals surface area contributed by atoms with E-state index in [0.717, 1.165) is 30.1 Å². The van der Waals surface area contributed by atoms with Gasteiger partial charge in [0.25, 0.3) is 5.91 Å². The third kappa shape index (κ3) is 5.20. The average molecular weight is 452 g/mol. The van der Waals surface area contributed by atoms with E-state index < -0.39 is 11.7 Å². The molecule has 2 aromatic rings. The van der Waals surface area contributed by atoms with Crippen LogP contribution in [0.4, 0.5) is 10.5 Å². The van der Waals surface area contributed by atoms with Crippen LogP contribution in [0.1, 0.15) is 48.2 Å². The summed E-state index contributed by atoms with van der Waals surface area (Å²) < 4.78 is 6.51. The number of hydrogen-bond acceptors (Lipinski definition) is 4. The maximum atomic E-state index is 12.8. The van der Waals surface area contributed by atoms with Gasteiger partial charge in [-0.05, 0) is 68.0 Å². The fourth-order valence-electron chi connectivity index (χ4n) is 4.67. The zero-order valence-electron chi connectivity index (χ0n) is 19.4. The lowest BCUT2D eigenvalue weighted by atomic mass is 9.83. The normalized spacial score (nSPS) is 20.9. The molecule has 1 atom stereocenters. The first-order valence-electron chi connectivity index (χ1n) is 11.8. The van der Waals surface area contributed by atoms with Crippen LogP contribution in [0.15, 0.2) is 48.5 Å². The highest BCUT2D eigenvalue weighted by molar-refractivity contribution is 5.94. The fraction of sp³-hybridized carbons (Fsp3) is 0.462. The average Bonchev–Trinajstić information content (AvgIpc) is 3.64. The lowest BCUT2D eigenvalue weighted by Gasteiger charge is -2.44. The van der Waals surface area contributed by atoms with Crippen LogP contribution in [0.2, 0.25) is 0 Å². The number of nitrogens with one attached hydrogen (secondary N) is 1. The number of hydrogen-bond donors (Lipinski definition) is 2. The zero-order valence-corrected chi connectivity index (χ0v) is 19.4. The summed E-state index contributed by atoms with van der Waals surface area (Å²) in [5, 5.41) is 11.6. The van der Waals surface area contributed by atoms with Gasteiger partial charge in [0.1, 0.15) is 5.60 Å². The largest absolute Gasteiger partial charge is 0.465 e. The number of carbonyl (C=O) groups is 2. The molecule has 0 bridgehead atoms. The Bertz CT molecular complexity index is 985. The molecule has 1 aliphatic heterocycles. The highest BCUT2D eigenvalue weighted by atomic mass is 16.5. The maximum Gasteiger partial charge on any atom is 0.409 e. The van der Waals surface area contributed by atoms with Crippen molar-refractivity contribution in [3.8, 4) is 0 Å². The molecule has 1 saturated carbocycles. The number of ether oxygens (including phenoxy) is 1. The molecule has 1 saturated heterocycles. The van der Waals surface area contributed by atoms with E-state index >= 15 is 0 Å². The SMILES string of the molecule is CCN(CC)C(=O)c1ccc(C2(c3cccc(NC(=O)O)c3)CN(CC3CC3)CCO2)cc1. The van der Waals surface area contributed by atoms with Crippen LogP contribution >= 0.6 is 0 Å². The summed E-state index contributed by atoms with van der Waals surface area (Å²) in [5.41, 5.74) is 2.30. The first-order chi connectivity index (χ1) is 15.9. The van der Waals surface area contributed by atoms with Crippen LogP contribution in [0.3, 0.4) is 0 Å². The summed E-state index contributed by atoms with van der Waals surface area (Å²) in [6.07, 6.45) is 1.47. The van der Waals surface area contributed by atoms with E-state index in [-0.39, 0.29) is 5.91 Å². The van der Waals surface area contributed by atoms with E-state index in [1.54, 1.807) is 11.0 Å². The Morgan fingerprint density at radius 1 is 1.12 bits per heavy atom. The van der Waals surface area contributed by atoms with Crippen molar-refractivity contribution >= 4 is 17.7 Å². The first-order valence-corrected chi connectivity index (χ1v) is 11.8. The van der Waals surface area contributed by atoms with Gasteiger partial charge in [-0.25, -0.2) is 4.79 Å². The van der Waals surface area contributed by atoms with Crippen molar-refractivity contribution < 1.29 is 19.4 Å². The summed E-state index contributed by atoms with van der Waals surface area (Å²) in [5.74, 6) is 0.781. The number of morpholine rings is 1. The molecule has 176 valence electrons. The van der Waals surface area contributed by atoms with Crippen LogP contribution in [0.5, 0.6) is 0 Å². The molecule has 1 heterocycles. The minimum absolute atomic E-state index is 0.0215. The fourth-order valence-corrected chi connectivity index (χ4v) is 4.67. The molecule has 0 radical (unpaired) electrons. The Balaban J connectivity index is 1.70. The van der Waals surface area contributed by atoms with Gasteiger partial charge >= 0.3 is 6.09 Å². The van der Waals surface area contributed by atoms with Gasteiger partial charge < -0.3 is 14.7 Å². The number of carbonyl (C=O) groups excluding carboxylic acids is 1. The van der Waals surface area contributed by atoms with Crippen molar-refractivity contribution in [3.63, 3.8) is 0 Å². The van der Waals surface area contributed by atoms with Crippen molar-refractivity contribution in [2.75, 3.05) is 44.6 Å². The Morgan fingerprint density at radius 3 is 2.48 bits per heavy atom. The quantitative estimate of drug-likeness (QED) is 0.627. The van der Waals surface area contributed by atoms with Gasteiger partial charge in [-0.3, -0.25) is 15.0 Å². The maximum absolute atomic E-state index is 12.8. The summed E-state index contributed by atoms with van der Waals surface area (Å²) in [6.45, 7) is 8.50. The zero-order chi connectivity index (χ0) is 23.4. The third-order valence-electron chi connectivity index (χ3n) is 6.64. The van der Waals surface area contributed by atoms with Gasteiger partial charge in [-0.1, -0.05) is 24.3 Å². The van der Waals surface area contributed by atoms with E-state index in [1.165, 1.54) is 12.8 Å². The molecule has 2 aliphatic rings. The van der Waals surface area contributed by atoms with E-state index in [2.05, 4.69) is 10.2 Å². The van der Waals surface area contributed by atoms with Crippen LogP contribution in [0, 0.1) is 5.92 Å². The molecular formula is C26H33N3O4. The van der Waals surface area contributed by atoms with E-state index in [0.29, 0.717) is 37.5 Å². The Kier molecular flexibility index (Phi) is 7.00. The number of anilines is 1. The van der Waals surface area contributed by atoms with E-state index in [1.807, 2.05) is 56.3 Å². The Hall–Kier alpha value is -2.90. The number of rotatable bonds is 8. The molecule has 0 aromatic heterocycles. The molecule has 1 unspecified atom stereocenters. The second kappa shape index (κ2) is 9.93. The van der Waals surface area contributed by atoms with Crippen molar-refractivity contribution in [1.29, 1.82) is 0 Å². The van der Waals surface area contributed by atoms with E-state index in [4.69, 9.17) is 4.74 Å². The van der Waals surface area contributed by atoms with Gasteiger partial charge in [0.05, 0.1) is 6.61 Å². The van der Waals surface area contributed by atoms with Crippen molar-refractivity contribution in [2.24, 2.45) is 5.92 Å². The van der Waals surface area contributed by atoms with Crippen LogP contribution < -0.4 is 5.32 Å². The lowest BCUT2D eigenvalue weighted by molar-refractivity contribution is -0.0892. The predicted octanol–water partition coefficient (Wildman–Crippen LogP) is 4.24. The topological polar surface area (TPSA) is 82.1 Å². The Labute approximate surface area is 195 Å². The van der Waals surface area contributed by atoms with Gasteiger partial charge in [0.15, 0.2) is 0 Å². The van der Waals surface area contributed by atoms with Crippen LogP contribution in [0.25, 0.3) is 0 Å². The number of benzene rings is 2. The monoisotopic (exact) mass is 451 g/mol. The minimum Gasteiger partial charge on any atom is -0.465 e. The standard InChI is InChI=1S/C26H33N3O4/c1-3-29(4-2)24(30)20-10-12-21(13-11-20)26(18-28(14-15-33-26)17-19-8-9-19)22-6-5-7-23(16-22)27-25(31)32/h5-7,10-13,16,19,27H,3-4,8-9,14-15,17-18H2,1-2H3,(H,31,32). The molecular weight excluding hydrogens is 418 g/mol. The molecule has 2 N–H and O–H groups in total. The predicted molar refractivity (Wildman–Crippen MR) is 128 cm³/mol. The van der Waals surface area contributed by atoms with Gasteiger partial charge in [-0.2, -0.15) is 0 Å². The molecule has 1 aliphatic carbocycles. The second-order valence-electron chi connectivity index (χ2n) is 8.92. The number of carboxylic acid groups (broad SMARTS) is 1. The molecule has 2 amide bonds.